The minimum atomic E-state index is 0.179. The quantitative estimate of drug-likeness (QED) is 0.193. The summed E-state index contributed by atoms with van der Waals surface area (Å²) in [4.78, 5) is 14.2. The largest absolute Gasteiger partial charge is 0.507 e. The highest BCUT2D eigenvalue weighted by Crippen LogP contribution is 2.41. The average Bonchev–Trinajstić information content (AvgIpc) is 3.11. The van der Waals surface area contributed by atoms with Crippen molar-refractivity contribution in [3.05, 3.63) is 176 Å². The molecule has 0 radical (unpaired) electrons. The molecule has 0 bridgehead atoms. The molecule has 0 fully saturated rings. The standard InChI is InChI=1S/C40H30N4O/c45-39-24-11-10-23-36(39)38-29-35(43(31-16-4-1-5-17-31)32-18-6-2-7-19-32)28-37(42-38)30-15-14-22-34(27-30)44(33-20-8-3-9-21-33)40-25-12-13-26-41-40/h1-29,45H. The molecular weight excluding hydrogens is 552 g/mol. The summed E-state index contributed by atoms with van der Waals surface area (Å²) in [5, 5.41) is 10.9. The smallest absolute Gasteiger partial charge is 0.137 e. The minimum Gasteiger partial charge on any atom is -0.507 e. The van der Waals surface area contributed by atoms with Crippen LogP contribution in [-0.4, -0.2) is 15.1 Å². The van der Waals surface area contributed by atoms with Gasteiger partial charge in [0.2, 0.25) is 0 Å². The van der Waals surface area contributed by atoms with E-state index in [0.717, 1.165) is 45.5 Å². The highest BCUT2D eigenvalue weighted by molar-refractivity contribution is 5.84. The topological polar surface area (TPSA) is 52.5 Å². The third-order valence-corrected chi connectivity index (χ3v) is 7.57. The van der Waals surface area contributed by atoms with Crippen molar-refractivity contribution in [2.75, 3.05) is 9.80 Å². The van der Waals surface area contributed by atoms with Gasteiger partial charge in [0.15, 0.2) is 0 Å². The highest BCUT2D eigenvalue weighted by atomic mass is 16.3. The van der Waals surface area contributed by atoms with Crippen LogP contribution in [0.1, 0.15) is 0 Å². The first-order valence-corrected chi connectivity index (χ1v) is 14.8. The lowest BCUT2D eigenvalue weighted by molar-refractivity contribution is 0.477. The van der Waals surface area contributed by atoms with Crippen LogP contribution >= 0.6 is 0 Å². The molecule has 0 aliphatic heterocycles. The number of aromatic hydroxyl groups is 1. The van der Waals surface area contributed by atoms with Crippen LogP contribution in [0.3, 0.4) is 0 Å². The molecule has 0 aliphatic carbocycles. The molecule has 5 heteroatoms. The maximum absolute atomic E-state index is 10.9. The molecule has 5 nitrogen and oxygen atoms in total. The molecule has 45 heavy (non-hydrogen) atoms. The molecule has 0 spiro atoms. The Morgan fingerprint density at radius 2 is 0.978 bits per heavy atom. The first-order chi connectivity index (χ1) is 22.2. The SMILES string of the molecule is Oc1ccccc1-c1cc(N(c2ccccc2)c2ccccc2)cc(-c2cccc(N(c3ccccc3)c3ccccn3)c2)n1. The zero-order valence-electron chi connectivity index (χ0n) is 24.5. The molecule has 216 valence electrons. The Hall–Kier alpha value is -6.20. The van der Waals surface area contributed by atoms with Gasteiger partial charge in [-0.15, -0.1) is 0 Å². The molecular formula is C40H30N4O. The van der Waals surface area contributed by atoms with Crippen molar-refractivity contribution in [3.63, 3.8) is 0 Å². The first kappa shape index (κ1) is 27.6. The lowest BCUT2D eigenvalue weighted by Gasteiger charge is -2.27. The highest BCUT2D eigenvalue weighted by Gasteiger charge is 2.19. The number of pyridine rings is 2. The molecule has 0 saturated carbocycles. The second-order valence-electron chi connectivity index (χ2n) is 10.5. The van der Waals surface area contributed by atoms with Crippen molar-refractivity contribution in [2.45, 2.75) is 0 Å². The second-order valence-corrected chi connectivity index (χ2v) is 10.5. The van der Waals surface area contributed by atoms with E-state index in [2.05, 4.69) is 75.4 Å². The summed E-state index contributed by atoms with van der Waals surface area (Å²) in [6, 6.07) is 56.5. The van der Waals surface area contributed by atoms with Gasteiger partial charge in [0, 0.05) is 40.1 Å². The summed E-state index contributed by atoms with van der Waals surface area (Å²) in [5.41, 5.74) is 7.96. The minimum absolute atomic E-state index is 0.179. The van der Waals surface area contributed by atoms with Crippen LogP contribution in [-0.2, 0) is 0 Å². The van der Waals surface area contributed by atoms with Gasteiger partial charge in [-0.25, -0.2) is 9.97 Å². The summed E-state index contributed by atoms with van der Waals surface area (Å²) >= 11 is 0. The van der Waals surface area contributed by atoms with E-state index < -0.39 is 0 Å². The number of nitrogens with zero attached hydrogens (tertiary/aromatic N) is 4. The fourth-order valence-electron chi connectivity index (χ4n) is 5.50. The van der Waals surface area contributed by atoms with Crippen molar-refractivity contribution in [3.8, 4) is 28.3 Å². The van der Waals surface area contributed by atoms with Gasteiger partial charge in [0.1, 0.15) is 11.6 Å². The van der Waals surface area contributed by atoms with E-state index in [1.807, 2.05) is 103 Å². The third kappa shape index (κ3) is 5.88. The molecule has 0 atom stereocenters. The van der Waals surface area contributed by atoms with Gasteiger partial charge in [-0.1, -0.05) is 84.9 Å². The third-order valence-electron chi connectivity index (χ3n) is 7.57. The van der Waals surface area contributed by atoms with Gasteiger partial charge in [-0.05, 0) is 84.9 Å². The number of para-hydroxylation sites is 4. The van der Waals surface area contributed by atoms with E-state index in [1.165, 1.54) is 0 Å². The van der Waals surface area contributed by atoms with Crippen LogP contribution in [0.15, 0.2) is 176 Å². The summed E-state index contributed by atoms with van der Waals surface area (Å²) < 4.78 is 0. The number of benzene rings is 5. The number of rotatable bonds is 8. The Bertz CT molecular complexity index is 1940. The summed E-state index contributed by atoms with van der Waals surface area (Å²) in [6.45, 7) is 0. The molecule has 2 aromatic heterocycles. The lowest BCUT2D eigenvalue weighted by atomic mass is 10.0. The van der Waals surface area contributed by atoms with Crippen molar-refractivity contribution < 1.29 is 5.11 Å². The molecule has 7 aromatic rings. The van der Waals surface area contributed by atoms with Gasteiger partial charge < -0.3 is 10.0 Å². The van der Waals surface area contributed by atoms with Crippen LogP contribution in [0.2, 0.25) is 0 Å². The average molecular weight is 583 g/mol. The Balaban J connectivity index is 1.42. The van der Waals surface area contributed by atoms with Gasteiger partial charge in [0.05, 0.1) is 17.1 Å². The summed E-state index contributed by atoms with van der Waals surface area (Å²) in [7, 11) is 0. The number of aromatic nitrogens is 2. The first-order valence-electron chi connectivity index (χ1n) is 14.8. The number of anilines is 6. The predicted molar refractivity (Wildman–Crippen MR) is 184 cm³/mol. The Morgan fingerprint density at radius 1 is 0.422 bits per heavy atom. The van der Waals surface area contributed by atoms with Crippen molar-refractivity contribution in [2.24, 2.45) is 0 Å². The van der Waals surface area contributed by atoms with Crippen molar-refractivity contribution >= 4 is 34.3 Å². The second kappa shape index (κ2) is 12.6. The van der Waals surface area contributed by atoms with Gasteiger partial charge >= 0.3 is 0 Å². The molecule has 2 heterocycles. The van der Waals surface area contributed by atoms with Gasteiger partial charge in [0.25, 0.3) is 0 Å². The van der Waals surface area contributed by atoms with Gasteiger partial charge in [-0.3, -0.25) is 4.90 Å². The van der Waals surface area contributed by atoms with Crippen LogP contribution in [0, 0.1) is 0 Å². The number of phenols is 1. The fourth-order valence-corrected chi connectivity index (χ4v) is 5.50. The molecule has 7 rings (SSSR count). The van der Waals surface area contributed by atoms with Gasteiger partial charge in [-0.2, -0.15) is 0 Å². The van der Waals surface area contributed by atoms with Crippen LogP contribution < -0.4 is 9.80 Å². The molecule has 0 saturated heterocycles. The monoisotopic (exact) mass is 582 g/mol. The fraction of sp³-hybridized carbons (Fsp3) is 0. The van der Waals surface area contributed by atoms with Crippen LogP contribution in [0.25, 0.3) is 22.5 Å². The molecule has 0 aliphatic rings. The van der Waals surface area contributed by atoms with E-state index in [4.69, 9.17) is 4.98 Å². The Labute approximate surface area is 263 Å². The number of hydrogen-bond donors (Lipinski definition) is 1. The number of hydrogen-bond acceptors (Lipinski definition) is 5. The summed E-state index contributed by atoms with van der Waals surface area (Å²) in [6.07, 6.45) is 1.81. The van der Waals surface area contributed by atoms with Crippen molar-refractivity contribution in [1.82, 2.24) is 9.97 Å². The van der Waals surface area contributed by atoms with E-state index in [1.54, 1.807) is 12.3 Å². The lowest BCUT2D eigenvalue weighted by Crippen LogP contribution is -2.11. The Morgan fingerprint density at radius 3 is 1.60 bits per heavy atom. The van der Waals surface area contributed by atoms with Crippen LogP contribution in [0.4, 0.5) is 34.3 Å². The van der Waals surface area contributed by atoms with Crippen molar-refractivity contribution in [1.29, 1.82) is 0 Å². The number of phenolic OH excluding ortho intramolecular Hbond substituents is 1. The molecule has 5 aromatic carbocycles. The maximum Gasteiger partial charge on any atom is 0.137 e. The van der Waals surface area contributed by atoms with E-state index in [0.29, 0.717) is 11.3 Å². The zero-order chi connectivity index (χ0) is 30.4. The molecule has 0 unspecified atom stereocenters. The van der Waals surface area contributed by atoms with E-state index >= 15 is 0 Å². The molecule has 1 N–H and O–H groups in total. The molecule has 0 amide bonds. The van der Waals surface area contributed by atoms with E-state index in [9.17, 15) is 5.11 Å². The predicted octanol–water partition coefficient (Wildman–Crippen LogP) is 10.5. The summed E-state index contributed by atoms with van der Waals surface area (Å²) in [5.74, 6) is 0.995. The van der Waals surface area contributed by atoms with Crippen LogP contribution in [0.5, 0.6) is 5.75 Å². The maximum atomic E-state index is 10.9. The van der Waals surface area contributed by atoms with E-state index in [-0.39, 0.29) is 5.75 Å². The zero-order valence-corrected chi connectivity index (χ0v) is 24.5. The normalized spacial score (nSPS) is 10.8. The Kier molecular flexibility index (Phi) is 7.72.